The van der Waals surface area contributed by atoms with Crippen molar-refractivity contribution < 1.29 is 9.59 Å². The minimum Gasteiger partial charge on any atom is -0.328 e. The van der Waals surface area contributed by atoms with Gasteiger partial charge >= 0.3 is 0 Å². The highest BCUT2D eigenvalue weighted by Crippen LogP contribution is 2.37. The Bertz CT molecular complexity index is 491. The number of carbonyl (C=O) groups is 2. The molecule has 3 aliphatic rings. The van der Waals surface area contributed by atoms with E-state index in [1.54, 1.807) is 0 Å². The summed E-state index contributed by atoms with van der Waals surface area (Å²) in [5.74, 6) is -0.407. The lowest BCUT2D eigenvalue weighted by Gasteiger charge is -2.48. The standard InChI is InChI=1S/C12H11ClN2O2/c13-12-7-6-9(10(16)14-12)15(11(12)17)8-4-2-1-3-5-8/h1-5,9H,6-7H2,(H,14,16)/t9-,12-/m1/s1. The molecule has 0 aromatic heterocycles. The largest absolute Gasteiger partial charge is 0.328 e. The molecule has 3 heterocycles. The number of rotatable bonds is 1. The highest BCUT2D eigenvalue weighted by molar-refractivity contribution is 6.39. The monoisotopic (exact) mass is 250 g/mol. The van der Waals surface area contributed by atoms with Crippen molar-refractivity contribution in [1.29, 1.82) is 0 Å². The number of nitrogens with zero attached hydrogens (tertiary/aromatic N) is 1. The number of alkyl halides is 1. The van der Waals surface area contributed by atoms with Gasteiger partial charge in [0.2, 0.25) is 5.91 Å². The fourth-order valence-corrected chi connectivity index (χ4v) is 2.73. The number of benzene rings is 1. The summed E-state index contributed by atoms with van der Waals surface area (Å²) in [6.07, 6.45) is 1.10. The van der Waals surface area contributed by atoms with E-state index in [-0.39, 0.29) is 11.8 Å². The van der Waals surface area contributed by atoms with E-state index < -0.39 is 11.0 Å². The van der Waals surface area contributed by atoms with Crippen molar-refractivity contribution in [3.63, 3.8) is 0 Å². The first-order valence-corrected chi connectivity index (χ1v) is 5.89. The third-order valence-corrected chi connectivity index (χ3v) is 3.74. The fourth-order valence-electron chi connectivity index (χ4n) is 2.43. The lowest BCUT2D eigenvalue weighted by atomic mass is 9.90. The summed E-state index contributed by atoms with van der Waals surface area (Å²) in [5, 5.41) is 2.58. The molecule has 17 heavy (non-hydrogen) atoms. The van der Waals surface area contributed by atoms with Crippen molar-refractivity contribution >= 4 is 29.1 Å². The van der Waals surface area contributed by atoms with Gasteiger partial charge in [-0.3, -0.25) is 14.5 Å². The van der Waals surface area contributed by atoms with E-state index in [0.29, 0.717) is 12.8 Å². The summed E-state index contributed by atoms with van der Waals surface area (Å²) in [6, 6.07) is 8.74. The summed E-state index contributed by atoms with van der Waals surface area (Å²) in [6.45, 7) is 0. The molecule has 0 aliphatic carbocycles. The van der Waals surface area contributed by atoms with Crippen LogP contribution in [-0.4, -0.2) is 22.9 Å². The third kappa shape index (κ3) is 1.44. The van der Waals surface area contributed by atoms with Crippen LogP contribution in [0.4, 0.5) is 5.69 Å². The van der Waals surface area contributed by atoms with E-state index in [2.05, 4.69) is 5.32 Å². The molecule has 2 amide bonds. The number of halogens is 1. The van der Waals surface area contributed by atoms with Crippen LogP contribution in [0.3, 0.4) is 0 Å². The first-order valence-electron chi connectivity index (χ1n) is 5.51. The molecule has 4 rings (SSSR count). The average molecular weight is 251 g/mol. The molecule has 4 nitrogen and oxygen atoms in total. The Hall–Kier alpha value is -1.55. The SMILES string of the molecule is O=C1N[C@]2(Cl)CC[C@H]1N(c1ccccc1)C2=O. The number of amides is 2. The second kappa shape index (κ2) is 3.47. The predicted molar refractivity (Wildman–Crippen MR) is 63.7 cm³/mol. The quantitative estimate of drug-likeness (QED) is 0.602. The lowest BCUT2D eigenvalue weighted by molar-refractivity contribution is -0.138. The fraction of sp³-hybridized carbons (Fsp3) is 0.333. The normalized spacial score (nSPS) is 31.6. The van der Waals surface area contributed by atoms with Crippen molar-refractivity contribution in [3.05, 3.63) is 30.3 Å². The minimum atomic E-state index is -1.25. The van der Waals surface area contributed by atoms with Crippen LogP contribution in [0.2, 0.25) is 0 Å². The Morgan fingerprint density at radius 1 is 1.29 bits per heavy atom. The molecule has 1 aromatic rings. The molecule has 0 spiro atoms. The molecule has 0 unspecified atom stereocenters. The summed E-state index contributed by atoms with van der Waals surface area (Å²) in [4.78, 5) is 24.3. The van der Waals surface area contributed by atoms with Gasteiger partial charge in [-0.15, -0.1) is 0 Å². The molecule has 0 radical (unpaired) electrons. The molecule has 1 N–H and O–H groups in total. The van der Waals surface area contributed by atoms with Gasteiger partial charge in [0.25, 0.3) is 5.91 Å². The van der Waals surface area contributed by atoms with Crippen molar-refractivity contribution in [3.8, 4) is 0 Å². The van der Waals surface area contributed by atoms with Crippen LogP contribution < -0.4 is 10.2 Å². The van der Waals surface area contributed by atoms with Gasteiger partial charge in [-0.25, -0.2) is 0 Å². The topological polar surface area (TPSA) is 49.4 Å². The Labute approximate surface area is 104 Å². The van der Waals surface area contributed by atoms with E-state index in [9.17, 15) is 9.59 Å². The molecule has 3 aliphatic heterocycles. The van der Waals surface area contributed by atoms with Gasteiger partial charge in [-0.1, -0.05) is 29.8 Å². The van der Waals surface area contributed by atoms with Crippen LogP contribution in [0.25, 0.3) is 0 Å². The van der Waals surface area contributed by atoms with Crippen LogP contribution in [-0.2, 0) is 9.59 Å². The number of carbonyl (C=O) groups excluding carboxylic acids is 2. The smallest absolute Gasteiger partial charge is 0.269 e. The minimum absolute atomic E-state index is 0.172. The molecule has 3 saturated heterocycles. The van der Waals surface area contributed by atoms with Gasteiger partial charge in [0.05, 0.1) is 0 Å². The van der Waals surface area contributed by atoms with Crippen LogP contribution in [0.5, 0.6) is 0 Å². The maximum atomic E-state index is 12.2. The number of piperazine rings is 1. The number of hydrogen-bond donors (Lipinski definition) is 1. The Kier molecular flexibility index (Phi) is 2.16. The van der Waals surface area contributed by atoms with E-state index in [1.807, 2.05) is 30.3 Å². The number of anilines is 1. The van der Waals surface area contributed by atoms with Gasteiger partial charge in [0, 0.05) is 5.69 Å². The summed E-state index contributed by atoms with van der Waals surface area (Å²) < 4.78 is 0. The molecule has 88 valence electrons. The second-order valence-corrected chi connectivity index (χ2v) is 5.00. The van der Waals surface area contributed by atoms with Crippen LogP contribution in [0.1, 0.15) is 12.8 Å². The molecule has 2 bridgehead atoms. The maximum absolute atomic E-state index is 12.2. The summed E-state index contributed by atoms with van der Waals surface area (Å²) in [7, 11) is 0. The van der Waals surface area contributed by atoms with E-state index in [4.69, 9.17) is 11.6 Å². The zero-order valence-corrected chi connectivity index (χ0v) is 9.78. The van der Waals surface area contributed by atoms with Gasteiger partial charge in [0.15, 0.2) is 5.00 Å². The highest BCUT2D eigenvalue weighted by Gasteiger charge is 2.55. The van der Waals surface area contributed by atoms with Gasteiger partial charge in [-0.05, 0) is 25.0 Å². The molecule has 0 saturated carbocycles. The zero-order chi connectivity index (χ0) is 12.0. The van der Waals surface area contributed by atoms with Crippen LogP contribution in [0.15, 0.2) is 30.3 Å². The number of piperidine rings is 2. The summed E-state index contributed by atoms with van der Waals surface area (Å²) >= 11 is 6.16. The molecule has 1 aromatic carbocycles. The van der Waals surface area contributed by atoms with Gasteiger partial charge in [0.1, 0.15) is 6.04 Å². The summed E-state index contributed by atoms with van der Waals surface area (Å²) in [5.41, 5.74) is 0.724. The maximum Gasteiger partial charge on any atom is 0.269 e. The van der Waals surface area contributed by atoms with Gasteiger partial charge in [-0.2, -0.15) is 0 Å². The first kappa shape index (κ1) is 10.6. The number of nitrogens with one attached hydrogen (secondary N) is 1. The van der Waals surface area contributed by atoms with E-state index >= 15 is 0 Å². The second-order valence-electron chi connectivity index (χ2n) is 4.36. The molecule has 5 heteroatoms. The lowest BCUT2D eigenvalue weighted by Crippen LogP contribution is -2.72. The van der Waals surface area contributed by atoms with Crippen molar-refractivity contribution in [2.75, 3.05) is 4.90 Å². The number of fused-ring (bicyclic) bond motifs is 3. The third-order valence-electron chi connectivity index (χ3n) is 3.29. The van der Waals surface area contributed by atoms with E-state index in [1.165, 1.54) is 4.90 Å². The number of para-hydroxylation sites is 1. The van der Waals surface area contributed by atoms with Crippen LogP contribution >= 0.6 is 11.6 Å². The van der Waals surface area contributed by atoms with Crippen molar-refractivity contribution in [1.82, 2.24) is 5.32 Å². The molecular weight excluding hydrogens is 240 g/mol. The Morgan fingerprint density at radius 2 is 2.00 bits per heavy atom. The molecular formula is C12H11ClN2O2. The first-order chi connectivity index (χ1) is 8.12. The van der Waals surface area contributed by atoms with Crippen molar-refractivity contribution in [2.24, 2.45) is 0 Å². The average Bonchev–Trinajstić information content (AvgIpc) is 2.32. The molecule has 3 fully saturated rings. The molecule has 2 atom stereocenters. The predicted octanol–water partition coefficient (Wildman–Crippen LogP) is 1.25. The Balaban J connectivity index is 2.06. The van der Waals surface area contributed by atoms with Gasteiger partial charge < -0.3 is 5.32 Å². The Morgan fingerprint density at radius 3 is 2.65 bits per heavy atom. The zero-order valence-electron chi connectivity index (χ0n) is 9.02. The van der Waals surface area contributed by atoms with E-state index in [0.717, 1.165) is 5.69 Å². The van der Waals surface area contributed by atoms with Crippen molar-refractivity contribution in [2.45, 2.75) is 23.9 Å². The number of hydrogen-bond acceptors (Lipinski definition) is 2. The van der Waals surface area contributed by atoms with Crippen LogP contribution in [0, 0.1) is 0 Å². The highest BCUT2D eigenvalue weighted by atomic mass is 35.5.